The van der Waals surface area contributed by atoms with Gasteiger partial charge in [0.15, 0.2) is 6.10 Å². The molecule has 0 amide bonds. The number of carbonyl (C=O) groups is 1. The number of ether oxygens (including phenoxy) is 3. The summed E-state index contributed by atoms with van der Waals surface area (Å²) in [6, 6.07) is 15.7. The predicted octanol–water partition coefficient (Wildman–Crippen LogP) is 2.22. The van der Waals surface area contributed by atoms with Gasteiger partial charge in [-0.15, -0.1) is 0 Å². The van der Waals surface area contributed by atoms with Crippen LogP contribution < -0.4 is 4.90 Å². The van der Waals surface area contributed by atoms with Gasteiger partial charge in [-0.3, -0.25) is 10.1 Å². The molecule has 0 unspecified atom stereocenters. The van der Waals surface area contributed by atoms with Gasteiger partial charge in [0, 0.05) is 29.9 Å². The van der Waals surface area contributed by atoms with Crippen molar-refractivity contribution in [1.82, 2.24) is 0 Å². The zero-order chi connectivity index (χ0) is 19.0. The van der Waals surface area contributed by atoms with Gasteiger partial charge in [0.25, 0.3) is 5.69 Å². The van der Waals surface area contributed by atoms with Crippen molar-refractivity contribution in [2.75, 3.05) is 25.1 Å². The zero-order valence-electron chi connectivity index (χ0n) is 14.6. The molecule has 0 aliphatic carbocycles. The molecule has 2 heterocycles. The number of hydrogen-bond acceptors (Lipinski definition) is 7. The third-order valence-corrected chi connectivity index (χ3v) is 4.87. The lowest BCUT2D eigenvalue weighted by Crippen LogP contribution is -2.50. The number of rotatable bonds is 4. The SMILES string of the molecule is COC(=O)[C@@H]1O[C@@]2(c3ccc([N+](=O)[O-])cc3)CN(c3ccccc3)C[C@H]1O2. The molecule has 2 aliphatic heterocycles. The number of hydrogen-bond donors (Lipinski definition) is 0. The fraction of sp³-hybridized carbons (Fsp3) is 0.316. The van der Waals surface area contributed by atoms with Gasteiger partial charge in [0.1, 0.15) is 6.10 Å². The fourth-order valence-corrected chi connectivity index (χ4v) is 3.57. The molecule has 0 radical (unpaired) electrons. The van der Waals surface area contributed by atoms with Crippen LogP contribution in [0.1, 0.15) is 5.56 Å². The molecule has 0 aromatic heterocycles. The van der Waals surface area contributed by atoms with Crippen molar-refractivity contribution in [2.24, 2.45) is 0 Å². The number of morpholine rings is 1. The fourth-order valence-electron chi connectivity index (χ4n) is 3.57. The maximum absolute atomic E-state index is 12.2. The average molecular weight is 370 g/mol. The van der Waals surface area contributed by atoms with Gasteiger partial charge >= 0.3 is 5.97 Å². The van der Waals surface area contributed by atoms with Crippen LogP contribution in [0.4, 0.5) is 11.4 Å². The van der Waals surface area contributed by atoms with Crippen molar-refractivity contribution in [2.45, 2.75) is 18.0 Å². The second kappa shape index (κ2) is 6.64. The minimum Gasteiger partial charge on any atom is -0.467 e. The first-order chi connectivity index (χ1) is 13.0. The van der Waals surface area contributed by atoms with E-state index in [0.717, 1.165) is 5.69 Å². The van der Waals surface area contributed by atoms with Gasteiger partial charge in [-0.05, 0) is 24.3 Å². The molecule has 27 heavy (non-hydrogen) atoms. The molecular formula is C19H18N2O6. The van der Waals surface area contributed by atoms with Crippen LogP contribution in [0, 0.1) is 10.1 Å². The number of nitrogens with zero attached hydrogens (tertiary/aromatic N) is 2. The second-order valence-corrected chi connectivity index (χ2v) is 6.49. The number of para-hydroxylation sites is 1. The van der Waals surface area contributed by atoms with E-state index in [-0.39, 0.29) is 5.69 Å². The van der Waals surface area contributed by atoms with Gasteiger partial charge in [-0.2, -0.15) is 0 Å². The van der Waals surface area contributed by atoms with E-state index in [2.05, 4.69) is 4.90 Å². The van der Waals surface area contributed by atoms with E-state index >= 15 is 0 Å². The Balaban J connectivity index is 1.71. The van der Waals surface area contributed by atoms with Gasteiger partial charge in [-0.25, -0.2) is 4.79 Å². The molecule has 3 atom stereocenters. The third-order valence-electron chi connectivity index (χ3n) is 4.87. The summed E-state index contributed by atoms with van der Waals surface area (Å²) in [6.45, 7) is 0.817. The standard InChI is InChI=1S/C19H18N2O6/c1-25-18(22)17-16-11-20(14-5-3-2-4-6-14)12-19(26-16,27-17)13-7-9-15(10-8-13)21(23)24/h2-10,16-17H,11-12H2,1H3/t16-,17-,19-/m1/s1. The predicted molar refractivity (Wildman–Crippen MR) is 95.2 cm³/mol. The Kier molecular flexibility index (Phi) is 4.29. The molecule has 8 nitrogen and oxygen atoms in total. The maximum Gasteiger partial charge on any atom is 0.337 e. The highest BCUT2D eigenvalue weighted by Gasteiger charge is 2.56. The largest absolute Gasteiger partial charge is 0.467 e. The first-order valence-electron chi connectivity index (χ1n) is 8.51. The molecule has 140 valence electrons. The number of esters is 1. The van der Waals surface area contributed by atoms with Gasteiger partial charge in [0.2, 0.25) is 5.79 Å². The molecule has 0 saturated carbocycles. The number of benzene rings is 2. The molecule has 2 saturated heterocycles. The molecule has 2 fully saturated rings. The lowest BCUT2D eigenvalue weighted by molar-refractivity contribution is -0.384. The molecule has 8 heteroatoms. The van der Waals surface area contributed by atoms with Gasteiger partial charge in [0.05, 0.1) is 18.6 Å². The summed E-state index contributed by atoms with van der Waals surface area (Å²) < 4.78 is 17.0. The lowest BCUT2D eigenvalue weighted by atomic mass is 10.0. The van der Waals surface area contributed by atoms with E-state index in [1.165, 1.54) is 19.2 Å². The number of nitro benzene ring substituents is 1. The number of methoxy groups -OCH3 is 1. The highest BCUT2D eigenvalue weighted by Crippen LogP contribution is 2.44. The van der Waals surface area contributed by atoms with Crippen LogP contribution in [0.15, 0.2) is 54.6 Å². The monoisotopic (exact) mass is 370 g/mol. The van der Waals surface area contributed by atoms with Gasteiger partial charge < -0.3 is 19.1 Å². The van der Waals surface area contributed by atoms with Crippen molar-refractivity contribution in [3.63, 3.8) is 0 Å². The molecular weight excluding hydrogens is 352 g/mol. The highest BCUT2D eigenvalue weighted by atomic mass is 16.8. The van der Waals surface area contributed by atoms with E-state index in [4.69, 9.17) is 14.2 Å². The van der Waals surface area contributed by atoms with Crippen LogP contribution in [-0.4, -0.2) is 43.3 Å². The summed E-state index contributed by atoms with van der Waals surface area (Å²) in [7, 11) is 1.31. The molecule has 2 aromatic carbocycles. The van der Waals surface area contributed by atoms with E-state index < -0.39 is 28.9 Å². The first-order valence-corrected chi connectivity index (χ1v) is 8.51. The van der Waals surface area contributed by atoms with Crippen molar-refractivity contribution < 1.29 is 23.9 Å². The minimum absolute atomic E-state index is 0.0232. The molecule has 0 spiro atoms. The number of non-ortho nitro benzene ring substituents is 1. The van der Waals surface area contributed by atoms with Crippen molar-refractivity contribution in [3.8, 4) is 0 Å². The quantitative estimate of drug-likeness (QED) is 0.463. The number of anilines is 1. The average Bonchev–Trinajstić information content (AvgIpc) is 2.99. The summed E-state index contributed by atoms with van der Waals surface area (Å²) in [4.78, 5) is 24.7. The van der Waals surface area contributed by atoms with Crippen LogP contribution in [0.3, 0.4) is 0 Å². The maximum atomic E-state index is 12.2. The van der Waals surface area contributed by atoms with Gasteiger partial charge in [-0.1, -0.05) is 18.2 Å². The van der Waals surface area contributed by atoms with Crippen LogP contribution in [-0.2, 0) is 24.8 Å². The second-order valence-electron chi connectivity index (χ2n) is 6.49. The Morgan fingerprint density at radius 2 is 1.89 bits per heavy atom. The number of carbonyl (C=O) groups excluding carboxylic acids is 1. The van der Waals surface area contributed by atoms with Crippen LogP contribution in [0.25, 0.3) is 0 Å². The molecule has 4 rings (SSSR count). The Morgan fingerprint density at radius 1 is 1.19 bits per heavy atom. The summed E-state index contributed by atoms with van der Waals surface area (Å²) >= 11 is 0. The van der Waals surface area contributed by atoms with Crippen molar-refractivity contribution >= 4 is 17.3 Å². The number of fused-ring (bicyclic) bond motifs is 2. The Bertz CT molecular complexity index is 856. The number of nitro groups is 1. The van der Waals surface area contributed by atoms with Crippen molar-refractivity contribution in [3.05, 3.63) is 70.3 Å². The highest BCUT2D eigenvalue weighted by molar-refractivity contribution is 5.76. The zero-order valence-corrected chi connectivity index (χ0v) is 14.6. The molecule has 2 aliphatic rings. The van der Waals surface area contributed by atoms with Crippen LogP contribution in [0.5, 0.6) is 0 Å². The normalized spacial score (nSPS) is 26.6. The molecule has 0 N–H and O–H groups in total. The third kappa shape index (κ3) is 3.02. The van der Waals surface area contributed by atoms with E-state index in [1.807, 2.05) is 30.3 Å². The van der Waals surface area contributed by atoms with E-state index in [0.29, 0.717) is 18.7 Å². The Morgan fingerprint density at radius 3 is 2.52 bits per heavy atom. The van der Waals surface area contributed by atoms with Crippen LogP contribution in [0.2, 0.25) is 0 Å². The van der Waals surface area contributed by atoms with E-state index in [9.17, 15) is 14.9 Å². The summed E-state index contributed by atoms with van der Waals surface area (Å²) in [5, 5.41) is 10.9. The molecule has 2 bridgehead atoms. The Hall–Kier alpha value is -2.97. The van der Waals surface area contributed by atoms with Crippen molar-refractivity contribution in [1.29, 1.82) is 0 Å². The lowest BCUT2D eigenvalue weighted by Gasteiger charge is -2.39. The van der Waals surface area contributed by atoms with Crippen LogP contribution >= 0.6 is 0 Å². The first kappa shape index (κ1) is 17.4. The smallest absolute Gasteiger partial charge is 0.337 e. The molecule has 2 aromatic rings. The van der Waals surface area contributed by atoms with E-state index in [1.54, 1.807) is 12.1 Å². The minimum atomic E-state index is -1.20. The summed E-state index contributed by atoms with van der Waals surface area (Å²) in [6.07, 6.45) is -1.37. The summed E-state index contributed by atoms with van der Waals surface area (Å²) in [5.41, 5.74) is 1.57. The Labute approximate surface area is 155 Å². The topological polar surface area (TPSA) is 91.1 Å². The summed E-state index contributed by atoms with van der Waals surface area (Å²) in [5.74, 6) is -1.70.